The Kier molecular flexibility index (Phi) is 14.2. The van der Waals surface area contributed by atoms with Crippen molar-refractivity contribution < 1.29 is 24.3 Å². The van der Waals surface area contributed by atoms with E-state index >= 15 is 0 Å². The number of amides is 1. The maximum Gasteiger partial charge on any atom is 2.00 e. The van der Waals surface area contributed by atoms with Gasteiger partial charge in [-0.25, -0.2) is 9.97 Å². The normalized spacial score (nSPS) is 10.3. The first-order chi connectivity index (χ1) is 23.1. The van der Waals surface area contributed by atoms with Crippen LogP contribution in [0.2, 0.25) is 0 Å². The molecule has 0 radical (unpaired) electrons. The summed E-state index contributed by atoms with van der Waals surface area (Å²) in [7, 11) is 0. The maximum absolute atomic E-state index is 11.7. The van der Waals surface area contributed by atoms with Crippen LogP contribution in [0.5, 0.6) is 0 Å². The van der Waals surface area contributed by atoms with E-state index in [1.165, 1.54) is 11.1 Å². The summed E-state index contributed by atoms with van der Waals surface area (Å²) in [4.78, 5) is 38.6. The van der Waals surface area contributed by atoms with Crippen LogP contribution in [-0.2, 0) is 30.7 Å². The van der Waals surface area contributed by atoms with Gasteiger partial charge in [0.2, 0.25) is 5.91 Å². The zero-order chi connectivity index (χ0) is 32.7. The van der Waals surface area contributed by atoms with Crippen LogP contribution in [-0.4, -0.2) is 42.4 Å². The fourth-order valence-electron chi connectivity index (χ4n) is 4.86. The topological polar surface area (TPSA) is 106 Å². The predicted molar refractivity (Wildman–Crippen MR) is 187 cm³/mol. The average molecular weight is 723 g/mol. The van der Waals surface area contributed by atoms with Crippen molar-refractivity contribution >= 4 is 5.91 Å². The number of aryl methyl sites for hydroxylation is 2. The average Bonchev–Trinajstić information content (AvgIpc) is 3.13. The summed E-state index contributed by atoms with van der Waals surface area (Å²) in [5.74, 6) is 0.146. The number of hydrogen-bond acceptors (Lipinski definition) is 7. The molecular formula is C39H39N7ORu+2. The van der Waals surface area contributed by atoms with Crippen molar-refractivity contribution in [1.82, 2.24) is 35.2 Å². The van der Waals surface area contributed by atoms with E-state index < -0.39 is 0 Å². The molecule has 0 aliphatic heterocycles. The fourth-order valence-corrected chi connectivity index (χ4v) is 4.86. The molecule has 6 heterocycles. The molecule has 242 valence electrons. The molecule has 0 aliphatic carbocycles. The first-order valence-corrected chi connectivity index (χ1v) is 16.0. The predicted octanol–water partition coefficient (Wildman–Crippen LogP) is 7.96. The van der Waals surface area contributed by atoms with Crippen LogP contribution in [0.1, 0.15) is 43.7 Å². The minimum atomic E-state index is 0. The van der Waals surface area contributed by atoms with E-state index in [1.54, 1.807) is 18.6 Å². The second-order valence-electron chi connectivity index (χ2n) is 11.1. The number of pyridine rings is 6. The molecule has 0 aliphatic rings. The summed E-state index contributed by atoms with van der Waals surface area (Å²) in [6, 6.07) is 31.4. The summed E-state index contributed by atoms with van der Waals surface area (Å²) in [6.45, 7) is 4.95. The molecule has 6 rings (SSSR count). The van der Waals surface area contributed by atoms with Crippen LogP contribution < -0.4 is 5.32 Å². The summed E-state index contributed by atoms with van der Waals surface area (Å²) in [5.41, 5.74) is 9.14. The number of nitrogens with one attached hydrogen (secondary N) is 1. The van der Waals surface area contributed by atoms with Crippen LogP contribution >= 0.6 is 0 Å². The standard InChI is InChI=1S/C20H14N4.C19H25N3O.Ru/c1-3-13-21-15(7-1)17-9-5-11-19(23-17)20-12-6-10-18(24-20)16-8-2-4-14-22-16;1-3-4-10-22-19(23)7-5-6-16-9-12-21-18(14-16)17-13-15(2)8-11-20-17;/h1-14H;8-9,11-14H,3-7,10H2,1-2H3,(H,22,23);/q;;+2. The van der Waals surface area contributed by atoms with Crippen molar-refractivity contribution in [2.75, 3.05) is 6.54 Å². The van der Waals surface area contributed by atoms with Gasteiger partial charge in [-0.2, -0.15) is 0 Å². The zero-order valence-electron chi connectivity index (χ0n) is 27.2. The van der Waals surface area contributed by atoms with E-state index in [2.05, 4.69) is 38.2 Å². The van der Waals surface area contributed by atoms with Crippen LogP contribution in [0.4, 0.5) is 0 Å². The molecule has 1 amide bonds. The fraction of sp³-hybridized carbons (Fsp3) is 0.205. The number of carbonyl (C=O) groups is 1. The number of unbranched alkanes of at least 4 members (excludes halogenated alkanes) is 1. The van der Waals surface area contributed by atoms with Gasteiger partial charge in [-0.1, -0.05) is 37.6 Å². The van der Waals surface area contributed by atoms with Crippen molar-refractivity contribution in [3.8, 4) is 45.6 Å². The number of carbonyl (C=O) groups excluding carboxylic acids is 1. The quantitative estimate of drug-likeness (QED) is 0.107. The molecule has 0 unspecified atom stereocenters. The molecule has 0 bridgehead atoms. The monoisotopic (exact) mass is 723 g/mol. The third kappa shape index (κ3) is 10.8. The summed E-state index contributed by atoms with van der Waals surface area (Å²) < 4.78 is 0. The number of nitrogens with zero attached hydrogens (tertiary/aromatic N) is 6. The van der Waals surface area contributed by atoms with Gasteiger partial charge in [0.25, 0.3) is 0 Å². The minimum absolute atomic E-state index is 0. The van der Waals surface area contributed by atoms with Crippen LogP contribution in [0.25, 0.3) is 45.6 Å². The molecule has 6 aromatic rings. The van der Waals surface area contributed by atoms with E-state index in [4.69, 9.17) is 9.97 Å². The minimum Gasteiger partial charge on any atom is -0.356 e. The maximum atomic E-state index is 11.7. The molecule has 48 heavy (non-hydrogen) atoms. The van der Waals surface area contributed by atoms with Gasteiger partial charge in [-0.3, -0.25) is 24.7 Å². The van der Waals surface area contributed by atoms with E-state index in [0.717, 1.165) is 77.8 Å². The smallest absolute Gasteiger partial charge is 0.356 e. The molecular weight excluding hydrogens is 684 g/mol. The first kappa shape index (κ1) is 35.8. The summed E-state index contributed by atoms with van der Waals surface area (Å²) in [6.07, 6.45) is 11.6. The van der Waals surface area contributed by atoms with Crippen molar-refractivity contribution in [3.05, 3.63) is 133 Å². The Balaban J connectivity index is 0.000000213. The Labute approximate surface area is 295 Å². The SMILES string of the molecule is CCCCNC(=O)CCCc1ccnc(-c2cc(C)ccn2)c1.[Ru+2].c1ccc(-c2cccc(-c3cccc(-c4ccccn4)n3)n2)nc1. The molecule has 0 aromatic carbocycles. The van der Waals surface area contributed by atoms with E-state index in [1.807, 2.05) is 104 Å². The second-order valence-corrected chi connectivity index (χ2v) is 11.1. The Morgan fingerprint density at radius 1 is 0.583 bits per heavy atom. The van der Waals surface area contributed by atoms with Gasteiger partial charge >= 0.3 is 19.5 Å². The van der Waals surface area contributed by atoms with Gasteiger partial charge in [-0.15, -0.1) is 0 Å². The summed E-state index contributed by atoms with van der Waals surface area (Å²) >= 11 is 0. The summed E-state index contributed by atoms with van der Waals surface area (Å²) in [5, 5.41) is 2.95. The molecule has 0 spiro atoms. The first-order valence-electron chi connectivity index (χ1n) is 16.0. The second kappa shape index (κ2) is 19.0. The Bertz CT molecular complexity index is 1790. The van der Waals surface area contributed by atoms with Crippen LogP contribution in [0, 0.1) is 6.92 Å². The Morgan fingerprint density at radius 3 is 1.65 bits per heavy atom. The van der Waals surface area contributed by atoms with Gasteiger partial charge in [0.15, 0.2) is 0 Å². The molecule has 8 nitrogen and oxygen atoms in total. The Morgan fingerprint density at radius 2 is 1.10 bits per heavy atom. The van der Waals surface area contributed by atoms with E-state index in [9.17, 15) is 4.79 Å². The van der Waals surface area contributed by atoms with Crippen LogP contribution in [0.15, 0.2) is 122 Å². The van der Waals surface area contributed by atoms with Crippen molar-refractivity contribution in [3.63, 3.8) is 0 Å². The van der Waals surface area contributed by atoms with Crippen molar-refractivity contribution in [2.24, 2.45) is 0 Å². The molecule has 0 saturated carbocycles. The van der Waals surface area contributed by atoms with Crippen molar-refractivity contribution in [1.29, 1.82) is 0 Å². The molecule has 9 heteroatoms. The van der Waals surface area contributed by atoms with Gasteiger partial charge in [0.1, 0.15) is 0 Å². The number of hydrogen-bond donors (Lipinski definition) is 1. The van der Waals surface area contributed by atoms with E-state index in [0.29, 0.717) is 6.42 Å². The van der Waals surface area contributed by atoms with Crippen molar-refractivity contribution in [2.45, 2.75) is 46.0 Å². The van der Waals surface area contributed by atoms with E-state index in [-0.39, 0.29) is 25.4 Å². The zero-order valence-corrected chi connectivity index (χ0v) is 29.0. The number of aromatic nitrogens is 6. The van der Waals surface area contributed by atoms with Gasteiger partial charge in [-0.05, 0) is 110 Å². The molecule has 0 atom stereocenters. The largest absolute Gasteiger partial charge is 2.00 e. The molecule has 6 aromatic heterocycles. The number of rotatable bonds is 11. The molecule has 0 saturated heterocycles. The van der Waals surface area contributed by atoms with Gasteiger partial charge in [0.05, 0.1) is 45.6 Å². The van der Waals surface area contributed by atoms with Gasteiger partial charge in [0, 0.05) is 37.8 Å². The Hall–Kier alpha value is -5.01. The third-order valence-electron chi connectivity index (χ3n) is 7.34. The molecule has 0 fully saturated rings. The van der Waals surface area contributed by atoms with Gasteiger partial charge < -0.3 is 5.32 Å². The molecule has 1 N–H and O–H groups in total. The van der Waals surface area contributed by atoms with Crippen LogP contribution in [0.3, 0.4) is 0 Å². The third-order valence-corrected chi connectivity index (χ3v) is 7.34.